The minimum absolute atomic E-state index is 0.528. The second kappa shape index (κ2) is 13.1. The molecule has 0 bridgehead atoms. The van der Waals surface area contributed by atoms with Gasteiger partial charge < -0.3 is 0 Å². The van der Waals surface area contributed by atoms with Crippen LogP contribution in [0.4, 0.5) is 0 Å². The van der Waals surface area contributed by atoms with Crippen molar-refractivity contribution < 1.29 is 0 Å². The lowest BCUT2D eigenvalue weighted by atomic mass is 9.93. The molecule has 0 aromatic heterocycles. The SMILES string of the molecule is CC(=NC(C#N)c1c(C)cccc1CCC/C=C\C=P)c1ccc(C#Cc2ccccc2)cc1. The average molecular weight is 461 g/mol. The van der Waals surface area contributed by atoms with E-state index in [1.807, 2.05) is 73.4 Å². The molecule has 0 aliphatic rings. The summed E-state index contributed by atoms with van der Waals surface area (Å²) in [6.07, 6.45) is 7.08. The zero-order valence-corrected chi connectivity index (χ0v) is 20.8. The Morgan fingerprint density at radius 2 is 1.68 bits per heavy atom. The number of nitrogens with zero attached hydrogens (tertiary/aromatic N) is 2. The monoisotopic (exact) mass is 460 g/mol. The number of rotatable bonds is 8. The highest BCUT2D eigenvalue weighted by molar-refractivity contribution is 7.18. The minimum atomic E-state index is -0.528. The summed E-state index contributed by atoms with van der Waals surface area (Å²) >= 11 is 0. The fourth-order valence-electron chi connectivity index (χ4n) is 3.81. The summed E-state index contributed by atoms with van der Waals surface area (Å²) in [7, 11) is 3.34. The van der Waals surface area contributed by atoms with Crippen LogP contribution >= 0.6 is 8.86 Å². The fraction of sp³-hybridized carbons (Fsp3) is 0.194. The first-order valence-corrected chi connectivity index (χ1v) is 12.1. The molecule has 0 aliphatic heterocycles. The number of benzene rings is 3. The van der Waals surface area contributed by atoms with E-state index in [9.17, 15) is 5.26 Å². The van der Waals surface area contributed by atoms with Crippen molar-refractivity contribution in [3.05, 3.63) is 118 Å². The molecule has 3 aromatic carbocycles. The summed E-state index contributed by atoms with van der Waals surface area (Å²) in [5.41, 5.74) is 7.12. The van der Waals surface area contributed by atoms with Crippen LogP contribution in [0, 0.1) is 30.1 Å². The minimum Gasteiger partial charge on any atom is -0.266 e. The third-order valence-electron chi connectivity index (χ3n) is 5.61. The standard InChI is InChI=1S/C31H29N2P/c1-24-11-10-15-29(14-8-3-4-9-22-34)31(24)30(23-32)33-25(2)28-20-18-27(19-21-28)17-16-26-12-6-5-7-13-26/h4-7,9-13,15,18-22,30,34H,3,8,14H2,1-2H3/b9-4-,33-25?. The number of aliphatic imine (C=N–C) groups is 1. The average Bonchev–Trinajstić information content (AvgIpc) is 2.87. The highest BCUT2D eigenvalue weighted by Gasteiger charge is 2.17. The van der Waals surface area contributed by atoms with Crippen LogP contribution in [0.15, 0.2) is 89.9 Å². The summed E-state index contributed by atoms with van der Waals surface area (Å²) in [4.78, 5) is 4.83. The topological polar surface area (TPSA) is 36.1 Å². The molecule has 0 saturated heterocycles. The van der Waals surface area contributed by atoms with Crippen LogP contribution < -0.4 is 0 Å². The Morgan fingerprint density at radius 1 is 0.971 bits per heavy atom. The largest absolute Gasteiger partial charge is 0.266 e. The number of unbranched alkanes of at least 4 members (excludes halogenated alkanes) is 1. The molecule has 0 saturated carbocycles. The second-order valence-electron chi connectivity index (χ2n) is 8.07. The molecule has 1 atom stereocenters. The van der Waals surface area contributed by atoms with Crippen LogP contribution in [0.3, 0.4) is 0 Å². The molecular formula is C31H29N2P. The lowest BCUT2D eigenvalue weighted by molar-refractivity contribution is 0.809. The molecule has 0 aliphatic carbocycles. The van der Waals surface area contributed by atoms with E-state index in [4.69, 9.17) is 4.99 Å². The molecule has 3 rings (SSSR count). The van der Waals surface area contributed by atoms with Crippen LogP contribution in [0.2, 0.25) is 0 Å². The van der Waals surface area contributed by atoms with Crippen molar-refractivity contribution in [3.8, 4) is 17.9 Å². The number of allylic oxidation sites excluding steroid dienone is 2. The predicted octanol–water partition coefficient (Wildman–Crippen LogP) is 7.29. The molecule has 0 amide bonds. The van der Waals surface area contributed by atoms with Gasteiger partial charge in [-0.3, -0.25) is 4.99 Å². The van der Waals surface area contributed by atoms with Crippen molar-refractivity contribution in [2.45, 2.75) is 39.2 Å². The lowest BCUT2D eigenvalue weighted by Gasteiger charge is -2.15. The Labute approximate surface area is 205 Å². The number of nitriles is 1. The quantitative estimate of drug-likeness (QED) is 0.150. The summed E-state index contributed by atoms with van der Waals surface area (Å²) in [5, 5.41) is 9.99. The summed E-state index contributed by atoms with van der Waals surface area (Å²) in [5.74, 6) is 8.23. The molecule has 1 unspecified atom stereocenters. The van der Waals surface area contributed by atoms with Crippen molar-refractivity contribution in [1.82, 2.24) is 0 Å². The van der Waals surface area contributed by atoms with Gasteiger partial charge in [-0.25, -0.2) is 0 Å². The number of aryl methyl sites for hydroxylation is 2. The lowest BCUT2D eigenvalue weighted by Crippen LogP contribution is -2.05. The first kappa shape index (κ1) is 24.9. The maximum atomic E-state index is 9.99. The molecule has 34 heavy (non-hydrogen) atoms. The summed E-state index contributed by atoms with van der Waals surface area (Å²) < 4.78 is 0. The van der Waals surface area contributed by atoms with Gasteiger partial charge in [-0.2, -0.15) is 5.26 Å². The second-order valence-corrected chi connectivity index (χ2v) is 8.41. The maximum Gasteiger partial charge on any atom is 0.162 e. The van der Waals surface area contributed by atoms with Gasteiger partial charge in [-0.15, -0.1) is 8.86 Å². The van der Waals surface area contributed by atoms with Crippen LogP contribution in [-0.2, 0) is 6.42 Å². The van der Waals surface area contributed by atoms with Crippen molar-refractivity contribution in [2.75, 3.05) is 0 Å². The van der Waals surface area contributed by atoms with Crippen LogP contribution in [0.1, 0.15) is 59.2 Å². The van der Waals surface area contributed by atoms with E-state index in [0.29, 0.717) is 0 Å². The van der Waals surface area contributed by atoms with E-state index >= 15 is 0 Å². The van der Waals surface area contributed by atoms with E-state index in [2.05, 4.69) is 58.0 Å². The van der Waals surface area contributed by atoms with E-state index in [-0.39, 0.29) is 0 Å². The molecule has 168 valence electrons. The Morgan fingerprint density at radius 3 is 2.35 bits per heavy atom. The van der Waals surface area contributed by atoms with Gasteiger partial charge >= 0.3 is 0 Å². The third-order valence-corrected chi connectivity index (χ3v) is 5.80. The Kier molecular flexibility index (Phi) is 9.61. The first-order valence-electron chi connectivity index (χ1n) is 11.5. The van der Waals surface area contributed by atoms with Crippen molar-refractivity contribution >= 4 is 20.4 Å². The molecular weight excluding hydrogens is 431 g/mol. The number of hydrogen-bond acceptors (Lipinski definition) is 2. The highest BCUT2D eigenvalue weighted by atomic mass is 31.0. The summed E-state index contributed by atoms with van der Waals surface area (Å²) in [6, 6.07) is 26.2. The third kappa shape index (κ3) is 7.15. The zero-order valence-electron chi connectivity index (χ0n) is 19.8. The van der Waals surface area contributed by atoms with Gasteiger partial charge in [0.05, 0.1) is 6.07 Å². The summed E-state index contributed by atoms with van der Waals surface area (Å²) in [6.45, 7) is 4.03. The van der Waals surface area contributed by atoms with Gasteiger partial charge in [0.1, 0.15) is 0 Å². The molecule has 3 heteroatoms. The molecule has 0 heterocycles. The fourth-order valence-corrected chi connectivity index (χ4v) is 3.95. The van der Waals surface area contributed by atoms with Gasteiger partial charge in [0.25, 0.3) is 0 Å². The van der Waals surface area contributed by atoms with Crippen molar-refractivity contribution in [3.63, 3.8) is 0 Å². The van der Waals surface area contributed by atoms with Gasteiger partial charge in [-0.1, -0.05) is 72.5 Å². The van der Waals surface area contributed by atoms with E-state index in [1.54, 1.807) is 0 Å². The van der Waals surface area contributed by atoms with Crippen molar-refractivity contribution in [2.24, 2.45) is 4.99 Å². The molecule has 0 spiro atoms. The molecule has 0 radical (unpaired) electrons. The smallest absolute Gasteiger partial charge is 0.162 e. The number of hydrogen-bond donors (Lipinski definition) is 0. The van der Waals surface area contributed by atoms with Crippen LogP contribution in [0.25, 0.3) is 0 Å². The van der Waals surface area contributed by atoms with Crippen molar-refractivity contribution in [1.29, 1.82) is 5.26 Å². The molecule has 0 fully saturated rings. The normalized spacial score (nSPS) is 12.0. The Hall–Kier alpha value is -3.71. The Bertz CT molecular complexity index is 1270. The van der Waals surface area contributed by atoms with Gasteiger partial charge in [0.2, 0.25) is 0 Å². The van der Waals surface area contributed by atoms with Gasteiger partial charge in [0, 0.05) is 16.8 Å². The zero-order chi connectivity index (χ0) is 24.2. The first-order chi connectivity index (χ1) is 16.6. The van der Waals surface area contributed by atoms with Crippen LogP contribution in [-0.4, -0.2) is 11.5 Å². The van der Waals surface area contributed by atoms with E-state index in [1.165, 1.54) is 5.56 Å². The van der Waals surface area contributed by atoms with Crippen LogP contribution in [0.5, 0.6) is 0 Å². The van der Waals surface area contributed by atoms with Gasteiger partial charge in [-0.05, 0) is 85.4 Å². The Balaban J connectivity index is 1.79. The van der Waals surface area contributed by atoms with E-state index in [0.717, 1.165) is 52.8 Å². The van der Waals surface area contributed by atoms with Gasteiger partial charge in [0.15, 0.2) is 6.04 Å². The maximum absolute atomic E-state index is 9.99. The molecule has 3 aromatic rings. The predicted molar refractivity (Wildman–Crippen MR) is 147 cm³/mol. The highest BCUT2D eigenvalue weighted by Crippen LogP contribution is 2.27. The molecule has 0 N–H and O–H groups in total. The molecule has 2 nitrogen and oxygen atoms in total. The van der Waals surface area contributed by atoms with E-state index < -0.39 is 6.04 Å².